The van der Waals surface area contributed by atoms with Crippen molar-refractivity contribution >= 4 is 23.9 Å². The molecule has 2 atom stereocenters. The highest BCUT2D eigenvalue weighted by Crippen LogP contribution is 2.23. The van der Waals surface area contributed by atoms with E-state index in [-0.39, 0.29) is 12.2 Å². The first-order valence-corrected chi connectivity index (χ1v) is 11.4. The summed E-state index contributed by atoms with van der Waals surface area (Å²) in [5.74, 6) is -2.13. The van der Waals surface area contributed by atoms with Gasteiger partial charge in [-0.25, -0.2) is 4.79 Å². The second-order valence-corrected chi connectivity index (χ2v) is 9.01. The van der Waals surface area contributed by atoms with Crippen molar-refractivity contribution in [2.75, 3.05) is 13.7 Å². The number of amides is 3. The van der Waals surface area contributed by atoms with Crippen LogP contribution in [0.25, 0.3) is 0 Å². The molecule has 3 amide bonds. The smallest absolute Gasteiger partial charge is 0.408 e. The molecule has 0 aliphatic carbocycles. The molecular formula is C27H31N3O7. The summed E-state index contributed by atoms with van der Waals surface area (Å²) in [6.07, 6.45) is 4.86. The number of methoxy groups -OCH3 is 1. The van der Waals surface area contributed by atoms with Crippen LogP contribution in [-0.2, 0) is 30.3 Å². The van der Waals surface area contributed by atoms with Crippen LogP contribution in [0, 0.1) is 12.5 Å². The number of carbonyl (C=O) groups excluding carboxylic acids is 4. The maximum absolute atomic E-state index is 13.8. The Morgan fingerprint density at radius 2 is 1.68 bits per heavy atom. The predicted molar refractivity (Wildman–Crippen MR) is 135 cm³/mol. The third kappa shape index (κ3) is 8.89. The molecule has 0 radical (unpaired) electrons. The normalized spacial score (nSPS) is 12.3. The number of terminal acetylenes is 1. The van der Waals surface area contributed by atoms with Gasteiger partial charge < -0.3 is 25.2 Å². The van der Waals surface area contributed by atoms with Gasteiger partial charge in [0.15, 0.2) is 0 Å². The summed E-state index contributed by atoms with van der Waals surface area (Å²) < 4.78 is 9.88. The third-order valence-corrected chi connectivity index (χ3v) is 5.00. The molecule has 2 unspecified atom stereocenters. The first-order chi connectivity index (χ1) is 17.4. The number of benzene rings is 2. The second-order valence-electron chi connectivity index (χ2n) is 9.01. The van der Waals surface area contributed by atoms with Gasteiger partial charge in [0, 0.05) is 12.5 Å². The lowest BCUT2D eigenvalue weighted by molar-refractivity contribution is -0.142. The largest absolute Gasteiger partial charge is 0.508 e. The molecule has 0 aromatic heterocycles. The molecule has 2 rings (SSSR count). The van der Waals surface area contributed by atoms with E-state index in [2.05, 4.69) is 21.4 Å². The molecule has 3 N–H and O–H groups in total. The van der Waals surface area contributed by atoms with Crippen molar-refractivity contribution in [1.29, 1.82) is 0 Å². The Hall–Kier alpha value is -4.52. The van der Waals surface area contributed by atoms with E-state index in [1.54, 1.807) is 63.2 Å². The summed E-state index contributed by atoms with van der Waals surface area (Å²) in [5, 5.41) is 14.6. The molecule has 10 nitrogen and oxygen atoms in total. The molecule has 0 spiro atoms. The van der Waals surface area contributed by atoms with Crippen LogP contribution in [0.15, 0.2) is 54.6 Å². The van der Waals surface area contributed by atoms with E-state index in [4.69, 9.17) is 11.2 Å². The number of alkyl carbamates (subject to hydrolysis) is 1. The zero-order chi connectivity index (χ0) is 27.6. The molecule has 2 aromatic rings. The van der Waals surface area contributed by atoms with Gasteiger partial charge in [0.25, 0.3) is 5.91 Å². The maximum atomic E-state index is 13.8. The van der Waals surface area contributed by atoms with E-state index in [9.17, 15) is 24.3 Å². The van der Waals surface area contributed by atoms with Gasteiger partial charge >= 0.3 is 12.1 Å². The van der Waals surface area contributed by atoms with Crippen LogP contribution in [0.1, 0.15) is 37.9 Å². The first-order valence-electron chi connectivity index (χ1n) is 11.4. The van der Waals surface area contributed by atoms with Crippen molar-refractivity contribution in [3.8, 4) is 18.2 Å². The van der Waals surface area contributed by atoms with Crippen LogP contribution in [0.5, 0.6) is 5.75 Å². The lowest BCUT2D eigenvalue weighted by atomic mass is 10.0. The summed E-state index contributed by atoms with van der Waals surface area (Å²) >= 11 is 0. The summed E-state index contributed by atoms with van der Waals surface area (Å²) in [7, 11) is 1.18. The fourth-order valence-electron chi connectivity index (χ4n) is 3.33. The zero-order valence-corrected chi connectivity index (χ0v) is 21.2. The fourth-order valence-corrected chi connectivity index (χ4v) is 3.33. The number of nitrogens with zero attached hydrogens (tertiary/aromatic N) is 1. The highest BCUT2D eigenvalue weighted by atomic mass is 16.6. The average molecular weight is 510 g/mol. The Kier molecular flexibility index (Phi) is 10.1. The summed E-state index contributed by atoms with van der Waals surface area (Å²) in [6.45, 7) is 4.59. The summed E-state index contributed by atoms with van der Waals surface area (Å²) in [4.78, 5) is 51.9. The van der Waals surface area contributed by atoms with E-state index in [1.165, 1.54) is 19.2 Å². The van der Waals surface area contributed by atoms with Crippen molar-refractivity contribution in [2.45, 2.75) is 44.9 Å². The number of hydrogen-bond donors (Lipinski definition) is 3. The molecule has 10 heteroatoms. The van der Waals surface area contributed by atoms with Crippen molar-refractivity contribution in [3.05, 3.63) is 65.7 Å². The number of aromatic hydroxyl groups is 1. The third-order valence-electron chi connectivity index (χ3n) is 5.00. The van der Waals surface area contributed by atoms with Gasteiger partial charge in [-0.2, -0.15) is 0 Å². The first kappa shape index (κ1) is 28.7. The molecule has 0 saturated carbocycles. The van der Waals surface area contributed by atoms with E-state index < -0.39 is 48.1 Å². The van der Waals surface area contributed by atoms with E-state index >= 15 is 0 Å². The second kappa shape index (κ2) is 13.0. The minimum atomic E-state index is -1.31. The van der Waals surface area contributed by atoms with Crippen molar-refractivity contribution in [3.63, 3.8) is 0 Å². The van der Waals surface area contributed by atoms with Gasteiger partial charge in [-0.1, -0.05) is 48.9 Å². The molecule has 0 heterocycles. The van der Waals surface area contributed by atoms with E-state index in [0.717, 1.165) is 4.90 Å². The zero-order valence-electron chi connectivity index (χ0n) is 21.2. The topological polar surface area (TPSA) is 134 Å². The van der Waals surface area contributed by atoms with Crippen LogP contribution >= 0.6 is 0 Å². The number of phenolic OH excluding ortho intramolecular Hbond substituents is 1. The van der Waals surface area contributed by atoms with Crippen molar-refractivity contribution < 1.29 is 33.8 Å². The minimum absolute atomic E-state index is 0.0121. The Bertz CT molecular complexity index is 1140. The Balaban J connectivity index is 2.43. The standard InChI is InChI=1S/C27H31N3O7/c1-6-30(23(19-10-8-7-9-11-19)24(33)28-17-22(32)36-5)25(34)21(29-26(35)37-27(2,3)4)16-18-12-14-20(31)15-13-18/h1,7-15,21,23,31H,16-17H2,2-5H3,(H,28,33)(H,29,35). The van der Waals surface area contributed by atoms with E-state index in [1.807, 2.05) is 0 Å². The molecule has 0 fully saturated rings. The van der Waals surface area contributed by atoms with E-state index in [0.29, 0.717) is 11.1 Å². The number of carbonyl (C=O) groups is 4. The van der Waals surface area contributed by atoms with Crippen molar-refractivity contribution in [2.24, 2.45) is 0 Å². The number of ether oxygens (including phenoxy) is 2. The Morgan fingerprint density at radius 1 is 1.05 bits per heavy atom. The lowest BCUT2D eigenvalue weighted by Crippen LogP contribution is -2.52. The van der Waals surface area contributed by atoms with Gasteiger partial charge in [0.05, 0.1) is 7.11 Å². The summed E-state index contributed by atoms with van der Waals surface area (Å²) in [6, 6.07) is 14.1. The minimum Gasteiger partial charge on any atom is -0.508 e. The van der Waals surface area contributed by atoms with Gasteiger partial charge in [0.2, 0.25) is 5.91 Å². The molecule has 2 aromatic carbocycles. The van der Waals surface area contributed by atoms with Crippen LogP contribution in [-0.4, -0.2) is 59.2 Å². The molecular weight excluding hydrogens is 478 g/mol. The Labute approximate surface area is 215 Å². The van der Waals surface area contributed by atoms with Crippen molar-refractivity contribution in [1.82, 2.24) is 15.5 Å². The van der Waals surface area contributed by atoms with Gasteiger partial charge in [-0.05, 0) is 44.0 Å². The highest BCUT2D eigenvalue weighted by Gasteiger charge is 2.36. The monoisotopic (exact) mass is 509 g/mol. The van der Waals surface area contributed by atoms with Crippen LogP contribution < -0.4 is 10.6 Å². The predicted octanol–water partition coefficient (Wildman–Crippen LogP) is 2.28. The highest BCUT2D eigenvalue weighted by molar-refractivity contribution is 5.94. The quantitative estimate of drug-likeness (QED) is 0.268. The molecule has 37 heavy (non-hydrogen) atoms. The average Bonchev–Trinajstić information content (AvgIpc) is 2.85. The number of esters is 1. The van der Waals surface area contributed by atoms with Crippen LogP contribution in [0.4, 0.5) is 4.79 Å². The lowest BCUT2D eigenvalue weighted by Gasteiger charge is -2.30. The SMILES string of the molecule is C#CN(C(=O)C(Cc1ccc(O)cc1)NC(=O)OC(C)(C)C)C(C(=O)NCC(=O)OC)c1ccccc1. The molecule has 0 aliphatic heterocycles. The molecule has 0 bridgehead atoms. The number of rotatable bonds is 9. The van der Waals surface area contributed by atoms with Crippen LogP contribution in [0.2, 0.25) is 0 Å². The maximum Gasteiger partial charge on any atom is 0.408 e. The number of phenols is 1. The van der Waals surface area contributed by atoms with Gasteiger partial charge in [-0.15, -0.1) is 0 Å². The Morgan fingerprint density at radius 3 is 2.22 bits per heavy atom. The van der Waals surface area contributed by atoms with Gasteiger partial charge in [-0.3, -0.25) is 19.3 Å². The molecule has 0 aliphatic rings. The number of hydrogen-bond acceptors (Lipinski definition) is 7. The summed E-state index contributed by atoms with van der Waals surface area (Å²) in [5.41, 5.74) is 0.162. The molecule has 0 saturated heterocycles. The molecule has 196 valence electrons. The van der Waals surface area contributed by atoms with Crippen LogP contribution in [0.3, 0.4) is 0 Å². The number of nitrogens with one attached hydrogen (secondary N) is 2. The van der Waals surface area contributed by atoms with Gasteiger partial charge in [0.1, 0.15) is 30.0 Å². The fraction of sp³-hybridized carbons (Fsp3) is 0.333.